The van der Waals surface area contributed by atoms with Crippen molar-refractivity contribution < 1.29 is 22.7 Å². The molecular weight excluding hydrogens is 630 g/mol. The number of benzene rings is 3. The average Bonchev–Trinajstić information content (AvgIpc) is 3.50. The lowest BCUT2D eigenvalue weighted by Crippen LogP contribution is -2.53. The number of rotatable bonds is 12. The second-order valence-corrected chi connectivity index (χ2v) is 13.8. The van der Waals surface area contributed by atoms with Crippen LogP contribution in [0.2, 0.25) is 0 Å². The minimum absolute atomic E-state index is 0.00431. The highest BCUT2D eigenvalue weighted by molar-refractivity contribution is 9.10. The number of halogens is 1. The fraction of sp³-hybridized carbons (Fsp3) is 0.394. The van der Waals surface area contributed by atoms with Crippen LogP contribution >= 0.6 is 15.9 Å². The number of amides is 2. The van der Waals surface area contributed by atoms with Crippen molar-refractivity contribution in [1.29, 1.82) is 0 Å². The number of methoxy groups -OCH3 is 1. The van der Waals surface area contributed by atoms with Crippen molar-refractivity contribution in [3.05, 3.63) is 87.9 Å². The second-order valence-electron chi connectivity index (χ2n) is 11.1. The molecule has 3 aromatic rings. The maximum Gasteiger partial charge on any atom is 0.264 e. The Morgan fingerprint density at radius 3 is 2.14 bits per heavy atom. The van der Waals surface area contributed by atoms with E-state index in [1.54, 1.807) is 30.3 Å². The third kappa shape index (κ3) is 7.97. The first-order chi connectivity index (χ1) is 20.5. The fourth-order valence-corrected chi connectivity index (χ4v) is 7.48. The highest BCUT2D eigenvalue weighted by atomic mass is 79.9. The van der Waals surface area contributed by atoms with Crippen molar-refractivity contribution in [1.82, 2.24) is 10.2 Å². The number of aryl methyl sites for hydroxylation is 2. The number of hydrogen-bond acceptors (Lipinski definition) is 5. The summed E-state index contributed by atoms with van der Waals surface area (Å²) in [7, 11) is -2.69. The van der Waals surface area contributed by atoms with Gasteiger partial charge in [0.2, 0.25) is 11.8 Å². The number of carbonyl (C=O) groups is 2. The first-order valence-corrected chi connectivity index (χ1v) is 16.8. The third-order valence-corrected chi connectivity index (χ3v) is 10.3. The molecule has 1 N–H and O–H groups in total. The summed E-state index contributed by atoms with van der Waals surface area (Å²) < 4.78 is 35.2. The number of anilines is 1. The molecule has 4 rings (SSSR count). The van der Waals surface area contributed by atoms with Crippen LogP contribution in [0.5, 0.6) is 5.75 Å². The van der Waals surface area contributed by atoms with Crippen LogP contribution in [-0.4, -0.2) is 50.9 Å². The lowest BCUT2D eigenvalue weighted by atomic mass is 10.1. The van der Waals surface area contributed by atoms with E-state index >= 15 is 0 Å². The van der Waals surface area contributed by atoms with E-state index in [2.05, 4.69) is 21.2 Å². The van der Waals surface area contributed by atoms with Crippen LogP contribution in [-0.2, 0) is 26.2 Å². The Labute approximate surface area is 263 Å². The van der Waals surface area contributed by atoms with Gasteiger partial charge < -0.3 is 15.0 Å². The molecule has 0 saturated heterocycles. The molecule has 1 atom stereocenters. The van der Waals surface area contributed by atoms with E-state index in [4.69, 9.17) is 4.74 Å². The van der Waals surface area contributed by atoms with Crippen LogP contribution in [0.15, 0.2) is 76.1 Å². The lowest BCUT2D eigenvalue weighted by Gasteiger charge is -2.34. The van der Waals surface area contributed by atoms with Crippen LogP contribution in [0.4, 0.5) is 5.69 Å². The maximum atomic E-state index is 14.3. The molecule has 8 nitrogen and oxygen atoms in total. The van der Waals surface area contributed by atoms with Gasteiger partial charge in [0.1, 0.15) is 18.3 Å². The summed E-state index contributed by atoms with van der Waals surface area (Å²) >= 11 is 3.38. The maximum absolute atomic E-state index is 14.3. The SMILES string of the molecule is CC[C@H](C(=O)NC1CCCC1)N(Cc1ccc(C)cc1)C(=O)CN(c1ccc(C)cc1)S(=O)(=O)c1ccc(OC)c(Br)c1. The van der Waals surface area contributed by atoms with Crippen molar-refractivity contribution in [3.8, 4) is 5.75 Å². The van der Waals surface area contributed by atoms with Crippen LogP contribution in [0.3, 0.4) is 0 Å². The summed E-state index contributed by atoms with van der Waals surface area (Å²) in [6, 6.07) is 18.6. The molecule has 230 valence electrons. The van der Waals surface area contributed by atoms with E-state index in [9.17, 15) is 18.0 Å². The number of hydrogen-bond donors (Lipinski definition) is 1. The molecule has 3 aromatic carbocycles. The Kier molecular flexibility index (Phi) is 10.9. The second kappa shape index (κ2) is 14.4. The Hall–Kier alpha value is -3.37. The predicted octanol–water partition coefficient (Wildman–Crippen LogP) is 6.14. The van der Waals surface area contributed by atoms with E-state index in [1.807, 2.05) is 45.0 Å². The van der Waals surface area contributed by atoms with E-state index in [1.165, 1.54) is 24.1 Å². The van der Waals surface area contributed by atoms with Crippen molar-refractivity contribution in [2.24, 2.45) is 0 Å². The molecule has 10 heteroatoms. The smallest absolute Gasteiger partial charge is 0.264 e. The highest BCUT2D eigenvalue weighted by Crippen LogP contribution is 2.31. The monoisotopic (exact) mass is 669 g/mol. The first kappa shape index (κ1) is 32.5. The van der Waals surface area contributed by atoms with Gasteiger partial charge in [-0.05, 0) is 84.9 Å². The summed E-state index contributed by atoms with van der Waals surface area (Å²) in [4.78, 5) is 29.4. The molecule has 1 aliphatic rings. The summed E-state index contributed by atoms with van der Waals surface area (Å²) in [5, 5.41) is 3.14. The van der Waals surface area contributed by atoms with Crippen LogP contribution in [0.25, 0.3) is 0 Å². The lowest BCUT2D eigenvalue weighted by molar-refractivity contribution is -0.140. The normalized spacial score (nSPS) is 14.3. The molecule has 0 aromatic heterocycles. The van der Waals surface area contributed by atoms with E-state index in [-0.39, 0.29) is 23.4 Å². The first-order valence-electron chi connectivity index (χ1n) is 14.6. The number of nitrogens with zero attached hydrogens (tertiary/aromatic N) is 2. The Bertz CT molecular complexity index is 1520. The van der Waals surface area contributed by atoms with Gasteiger partial charge in [-0.2, -0.15) is 0 Å². The van der Waals surface area contributed by atoms with Gasteiger partial charge >= 0.3 is 0 Å². The molecule has 1 aliphatic carbocycles. The van der Waals surface area contributed by atoms with Gasteiger partial charge in [0.05, 0.1) is 22.2 Å². The number of carbonyl (C=O) groups excluding carboxylic acids is 2. The average molecular weight is 671 g/mol. The third-order valence-electron chi connectivity index (χ3n) is 7.87. The Morgan fingerprint density at radius 2 is 1.58 bits per heavy atom. The quantitative estimate of drug-likeness (QED) is 0.250. The van der Waals surface area contributed by atoms with Crippen molar-refractivity contribution in [3.63, 3.8) is 0 Å². The van der Waals surface area contributed by atoms with Gasteiger partial charge in [-0.1, -0.05) is 67.3 Å². The zero-order chi connectivity index (χ0) is 31.1. The van der Waals surface area contributed by atoms with Crippen molar-refractivity contribution in [2.45, 2.75) is 76.4 Å². The topological polar surface area (TPSA) is 96.0 Å². The van der Waals surface area contributed by atoms with Gasteiger partial charge in [-0.25, -0.2) is 8.42 Å². The molecule has 0 radical (unpaired) electrons. The van der Waals surface area contributed by atoms with Crippen LogP contribution in [0, 0.1) is 13.8 Å². The van der Waals surface area contributed by atoms with Gasteiger partial charge in [0, 0.05) is 12.6 Å². The Balaban J connectivity index is 1.72. The molecule has 0 aliphatic heterocycles. The van der Waals surface area contributed by atoms with Crippen LogP contribution in [0.1, 0.15) is 55.7 Å². The molecule has 1 saturated carbocycles. The molecule has 2 amide bonds. The fourth-order valence-electron chi connectivity index (χ4n) is 5.35. The van der Waals surface area contributed by atoms with Gasteiger partial charge in [0.25, 0.3) is 10.0 Å². The summed E-state index contributed by atoms with van der Waals surface area (Å²) in [5.41, 5.74) is 3.24. The molecule has 1 fully saturated rings. The molecule has 43 heavy (non-hydrogen) atoms. The summed E-state index contributed by atoms with van der Waals surface area (Å²) in [6.07, 6.45) is 4.37. The van der Waals surface area contributed by atoms with E-state index in [0.717, 1.165) is 46.7 Å². The van der Waals surface area contributed by atoms with E-state index < -0.39 is 28.5 Å². The Morgan fingerprint density at radius 1 is 0.977 bits per heavy atom. The standard InChI is InChI=1S/C33H40BrN3O5S/c1-5-30(33(39)35-26-8-6-7-9-26)36(21-25-14-10-23(2)11-15-25)32(38)22-37(27-16-12-24(3)13-17-27)43(40,41)28-18-19-31(42-4)29(34)20-28/h10-20,26,30H,5-9,21-22H2,1-4H3,(H,35,39)/t30-/m1/s1. The zero-order valence-corrected chi connectivity index (χ0v) is 27.6. The van der Waals surface area contributed by atoms with E-state index in [0.29, 0.717) is 22.3 Å². The highest BCUT2D eigenvalue weighted by Gasteiger charge is 2.34. The summed E-state index contributed by atoms with van der Waals surface area (Å²) in [6.45, 7) is 5.46. The number of sulfonamides is 1. The zero-order valence-electron chi connectivity index (χ0n) is 25.2. The molecule has 0 bridgehead atoms. The van der Waals surface area contributed by atoms with Crippen molar-refractivity contribution in [2.75, 3.05) is 18.0 Å². The largest absolute Gasteiger partial charge is 0.496 e. The minimum Gasteiger partial charge on any atom is -0.496 e. The molecular formula is C33H40BrN3O5S. The van der Waals surface area contributed by atoms with Gasteiger partial charge in [0.15, 0.2) is 0 Å². The molecule has 0 heterocycles. The van der Waals surface area contributed by atoms with Gasteiger partial charge in [-0.3, -0.25) is 13.9 Å². The van der Waals surface area contributed by atoms with Gasteiger partial charge in [-0.15, -0.1) is 0 Å². The molecule has 0 spiro atoms. The summed E-state index contributed by atoms with van der Waals surface area (Å²) in [5.74, 6) is -0.190. The predicted molar refractivity (Wildman–Crippen MR) is 173 cm³/mol. The number of nitrogens with one attached hydrogen (secondary N) is 1. The number of ether oxygens (including phenoxy) is 1. The minimum atomic E-state index is -4.19. The molecule has 0 unspecified atom stereocenters. The van der Waals surface area contributed by atoms with Crippen LogP contribution < -0.4 is 14.4 Å². The van der Waals surface area contributed by atoms with Crippen molar-refractivity contribution >= 4 is 43.5 Å².